The number of hydrogen-bond acceptors (Lipinski definition) is 9. The first-order valence-corrected chi connectivity index (χ1v) is 13.4. The van der Waals surface area contributed by atoms with Crippen molar-refractivity contribution >= 4 is 56.4 Å². The van der Waals surface area contributed by atoms with E-state index in [1.54, 1.807) is 0 Å². The molecule has 1 heterocycles. The molecule has 1 N–H and O–H groups in total. The number of imide groups is 1. The minimum absolute atomic E-state index is 0.0287. The number of nitro groups is 1. The van der Waals surface area contributed by atoms with E-state index in [4.69, 9.17) is 4.18 Å². The van der Waals surface area contributed by atoms with Gasteiger partial charge in [-0.15, -0.1) is 0 Å². The van der Waals surface area contributed by atoms with E-state index in [1.807, 2.05) is 0 Å². The van der Waals surface area contributed by atoms with E-state index >= 15 is 0 Å². The summed E-state index contributed by atoms with van der Waals surface area (Å²) in [6.07, 6.45) is 1.34. The van der Waals surface area contributed by atoms with Crippen LogP contribution in [0.3, 0.4) is 0 Å². The Morgan fingerprint density at radius 2 is 1.80 bits per heavy atom. The highest BCUT2D eigenvalue weighted by Gasteiger charge is 2.36. The molecule has 0 saturated carbocycles. The van der Waals surface area contributed by atoms with E-state index in [1.165, 1.54) is 49.4 Å². The van der Waals surface area contributed by atoms with Crippen LogP contribution in [0.1, 0.15) is 11.1 Å². The molecule has 1 fully saturated rings. The van der Waals surface area contributed by atoms with Crippen LogP contribution in [0.4, 0.5) is 25.0 Å². The highest BCUT2D eigenvalue weighted by molar-refractivity contribution is 8.18. The van der Waals surface area contributed by atoms with Crippen molar-refractivity contribution in [3.05, 3.63) is 98.4 Å². The quantitative estimate of drug-likeness (QED) is 0.172. The maximum absolute atomic E-state index is 13.8. The van der Waals surface area contributed by atoms with Gasteiger partial charge in [-0.1, -0.05) is 18.2 Å². The molecule has 3 aromatic rings. The molecule has 0 aliphatic carbocycles. The fourth-order valence-electron chi connectivity index (χ4n) is 3.45. The second-order valence-corrected chi connectivity index (χ2v) is 10.8. The van der Waals surface area contributed by atoms with Gasteiger partial charge in [0.15, 0.2) is 0 Å². The van der Waals surface area contributed by atoms with Crippen molar-refractivity contribution < 1.29 is 40.7 Å². The predicted molar refractivity (Wildman–Crippen MR) is 140 cm³/mol. The van der Waals surface area contributed by atoms with Crippen molar-refractivity contribution in [1.29, 1.82) is 0 Å². The Balaban J connectivity index is 1.43. The van der Waals surface area contributed by atoms with Crippen molar-refractivity contribution in [3.8, 4) is 5.75 Å². The lowest BCUT2D eigenvalue weighted by Crippen LogP contribution is -2.36. The van der Waals surface area contributed by atoms with Crippen LogP contribution in [0.5, 0.6) is 5.75 Å². The van der Waals surface area contributed by atoms with Gasteiger partial charge in [0.2, 0.25) is 5.91 Å². The molecule has 11 nitrogen and oxygen atoms in total. The lowest BCUT2D eigenvalue weighted by Gasteiger charge is -2.12. The highest BCUT2D eigenvalue weighted by atomic mass is 32.2. The van der Waals surface area contributed by atoms with Crippen LogP contribution in [0.2, 0.25) is 0 Å². The van der Waals surface area contributed by atoms with Gasteiger partial charge < -0.3 is 9.50 Å². The van der Waals surface area contributed by atoms with E-state index in [2.05, 4.69) is 5.32 Å². The number of nitrogens with one attached hydrogen (secondary N) is 1. The van der Waals surface area contributed by atoms with Gasteiger partial charge in [-0.2, -0.15) is 8.42 Å². The maximum Gasteiger partial charge on any atom is 0.339 e. The van der Waals surface area contributed by atoms with Crippen LogP contribution in [0.15, 0.2) is 70.5 Å². The second kappa shape index (κ2) is 11.2. The van der Waals surface area contributed by atoms with Gasteiger partial charge in [-0.3, -0.25) is 29.4 Å². The van der Waals surface area contributed by atoms with Crippen LogP contribution in [-0.2, 0) is 19.7 Å². The maximum atomic E-state index is 13.8. The van der Waals surface area contributed by atoms with Crippen LogP contribution in [0.25, 0.3) is 6.08 Å². The van der Waals surface area contributed by atoms with E-state index < -0.39 is 55.2 Å². The lowest BCUT2D eigenvalue weighted by molar-refractivity contribution is -0.385. The Bertz CT molecular complexity index is 1690. The minimum Gasteiger partial charge on any atom is -0.379 e. The zero-order chi connectivity index (χ0) is 29.2. The molecule has 1 aliphatic rings. The number of aryl methyl sites for hydroxylation is 1. The topological polar surface area (TPSA) is 153 Å². The summed E-state index contributed by atoms with van der Waals surface area (Å²) < 4.78 is 57.0. The molecule has 206 valence electrons. The van der Waals surface area contributed by atoms with Crippen LogP contribution >= 0.6 is 11.8 Å². The number of hydrogen-bond donors (Lipinski definition) is 1. The molecular weight excluding hydrogens is 572 g/mol. The van der Waals surface area contributed by atoms with E-state index in [0.717, 1.165) is 18.2 Å². The molecule has 0 atom stereocenters. The fraction of sp³-hybridized carbons (Fsp3) is 0.0800. The van der Waals surface area contributed by atoms with E-state index in [9.17, 15) is 41.7 Å². The predicted octanol–water partition coefficient (Wildman–Crippen LogP) is 4.62. The molecule has 3 amide bonds. The van der Waals surface area contributed by atoms with Crippen molar-refractivity contribution in [3.63, 3.8) is 0 Å². The first kappa shape index (κ1) is 28.4. The molecule has 0 radical (unpaired) electrons. The molecule has 1 aliphatic heterocycles. The molecule has 3 aromatic carbocycles. The Morgan fingerprint density at radius 1 is 1.10 bits per heavy atom. The van der Waals surface area contributed by atoms with Crippen LogP contribution < -0.4 is 9.50 Å². The zero-order valence-electron chi connectivity index (χ0n) is 20.3. The van der Waals surface area contributed by atoms with Crippen LogP contribution in [-0.4, -0.2) is 41.8 Å². The van der Waals surface area contributed by atoms with Gasteiger partial charge in [0.1, 0.15) is 28.8 Å². The monoisotopic (exact) mass is 589 g/mol. The SMILES string of the molecule is Cc1ccc(S(=O)(=O)Oc2ccc(/C=C3\SC(=O)N(CC(=O)Nc4ccc(F)cc4F)C3=O)cc2)cc1[N+](=O)[O-]. The third-order valence-corrected chi connectivity index (χ3v) is 7.58. The van der Waals surface area contributed by atoms with Gasteiger partial charge in [0, 0.05) is 17.7 Å². The number of nitro benzene ring substituents is 1. The van der Waals surface area contributed by atoms with Crippen molar-refractivity contribution in [2.24, 2.45) is 0 Å². The molecular formula is C25H17F2N3O8S2. The Morgan fingerprint density at radius 3 is 2.45 bits per heavy atom. The molecule has 0 unspecified atom stereocenters. The fourth-order valence-corrected chi connectivity index (χ4v) is 5.24. The normalized spacial score (nSPS) is 14.5. The first-order chi connectivity index (χ1) is 18.8. The average Bonchev–Trinajstić information content (AvgIpc) is 3.14. The highest BCUT2D eigenvalue weighted by Crippen LogP contribution is 2.33. The molecule has 0 spiro atoms. The molecule has 1 saturated heterocycles. The molecule has 0 aromatic heterocycles. The Hall–Kier alpha value is -4.63. The number of amides is 3. The summed E-state index contributed by atoms with van der Waals surface area (Å²) in [5.74, 6) is -3.64. The Kier molecular flexibility index (Phi) is 7.97. The molecule has 0 bridgehead atoms. The van der Waals surface area contributed by atoms with Gasteiger partial charge in [-0.05, 0) is 60.7 Å². The number of thioether (sulfide) groups is 1. The summed E-state index contributed by atoms with van der Waals surface area (Å²) in [6, 6.07) is 11.2. The summed E-state index contributed by atoms with van der Waals surface area (Å²) in [4.78, 5) is 47.9. The first-order valence-electron chi connectivity index (χ1n) is 11.1. The number of nitrogens with zero attached hydrogens (tertiary/aromatic N) is 2. The Labute approximate surface area is 229 Å². The third kappa shape index (κ3) is 6.32. The number of halogens is 2. The lowest BCUT2D eigenvalue weighted by atomic mass is 10.2. The van der Waals surface area contributed by atoms with Crippen molar-refractivity contribution in [2.75, 3.05) is 11.9 Å². The largest absolute Gasteiger partial charge is 0.379 e. The third-order valence-electron chi connectivity index (χ3n) is 5.43. The van der Waals surface area contributed by atoms with Crippen molar-refractivity contribution in [2.45, 2.75) is 11.8 Å². The van der Waals surface area contributed by atoms with Gasteiger partial charge in [0.05, 0.1) is 15.5 Å². The summed E-state index contributed by atoms with van der Waals surface area (Å²) in [7, 11) is -4.39. The van der Waals surface area contributed by atoms with Gasteiger partial charge in [0.25, 0.3) is 16.8 Å². The summed E-state index contributed by atoms with van der Waals surface area (Å²) in [5, 5.41) is 12.5. The second-order valence-electron chi connectivity index (χ2n) is 8.25. The average molecular weight is 590 g/mol. The number of carbonyl (C=O) groups excluding carboxylic acids is 3. The summed E-state index contributed by atoms with van der Waals surface area (Å²) in [6.45, 7) is 0.757. The summed E-state index contributed by atoms with van der Waals surface area (Å²) in [5.41, 5.74) is -0.0351. The van der Waals surface area contributed by atoms with Gasteiger partial charge >= 0.3 is 10.1 Å². The number of carbonyl (C=O) groups is 3. The minimum atomic E-state index is -4.39. The van der Waals surface area contributed by atoms with Crippen LogP contribution in [0, 0.1) is 28.7 Å². The molecule has 15 heteroatoms. The van der Waals surface area contributed by atoms with Crippen molar-refractivity contribution in [1.82, 2.24) is 4.90 Å². The van der Waals surface area contributed by atoms with E-state index in [0.29, 0.717) is 28.3 Å². The molecule has 40 heavy (non-hydrogen) atoms. The zero-order valence-corrected chi connectivity index (χ0v) is 21.9. The van der Waals surface area contributed by atoms with E-state index in [-0.39, 0.29) is 27.6 Å². The number of anilines is 1. The molecule has 4 rings (SSSR count). The number of benzene rings is 3. The standard InChI is InChI=1S/C25H17F2N3O8S2/c1-14-2-8-18(12-21(14)30(34)35)40(36,37)38-17-6-3-15(4-7-17)10-22-24(32)29(25(33)39-22)13-23(31)28-20-9-5-16(26)11-19(20)27/h2-12H,13H2,1H3,(H,28,31)/b22-10-. The summed E-state index contributed by atoms with van der Waals surface area (Å²) >= 11 is 0.559. The smallest absolute Gasteiger partial charge is 0.339 e. The van der Waals surface area contributed by atoms with Gasteiger partial charge in [-0.25, -0.2) is 8.78 Å². The number of rotatable bonds is 8.